The maximum Gasteiger partial charge on any atom is 0.338 e. The van der Waals surface area contributed by atoms with Crippen LogP contribution >= 0.6 is 11.3 Å². The molecule has 0 spiro atoms. The van der Waals surface area contributed by atoms with Gasteiger partial charge in [0.25, 0.3) is 5.56 Å². The molecule has 7 heteroatoms. The van der Waals surface area contributed by atoms with E-state index in [1.807, 2.05) is 97.1 Å². The number of esters is 1. The molecule has 3 heterocycles. The van der Waals surface area contributed by atoms with E-state index in [0.717, 1.165) is 27.6 Å². The number of fused-ring (bicyclic) bond motifs is 2. The van der Waals surface area contributed by atoms with Crippen molar-refractivity contribution in [2.75, 3.05) is 6.61 Å². The summed E-state index contributed by atoms with van der Waals surface area (Å²) >= 11 is 1.34. The van der Waals surface area contributed by atoms with Crippen molar-refractivity contribution >= 4 is 40.0 Å². The Morgan fingerprint density at radius 1 is 0.886 bits per heavy atom. The summed E-state index contributed by atoms with van der Waals surface area (Å²) in [5.41, 5.74) is 5.51. The minimum Gasteiger partial charge on any atom is -0.463 e. The van der Waals surface area contributed by atoms with E-state index in [0.29, 0.717) is 27.1 Å². The fraction of sp³-hybridized carbons (Fsp3) is 0.108. The molecule has 1 aliphatic rings. The minimum atomic E-state index is -0.691. The Kier molecular flexibility index (Phi) is 7.38. The van der Waals surface area contributed by atoms with Gasteiger partial charge in [0.1, 0.15) is 0 Å². The number of rotatable bonds is 7. The van der Waals surface area contributed by atoms with Crippen molar-refractivity contribution in [3.63, 3.8) is 0 Å². The Morgan fingerprint density at radius 2 is 1.55 bits per heavy atom. The number of carbonyl (C=O) groups excluding carboxylic acids is 1. The topological polar surface area (TPSA) is 65.6 Å². The number of benzene rings is 4. The SMILES string of the molecule is CCOC(=O)C1=C(c2ccccc2)N=c2s/c(=C\c3cn(Cc4ccccc4)c4ccccc34)c(=O)n2[C@H]1c1ccccc1. The molecule has 216 valence electrons. The van der Waals surface area contributed by atoms with Crippen LogP contribution in [0, 0.1) is 0 Å². The van der Waals surface area contributed by atoms with Crippen LogP contribution in [0.2, 0.25) is 0 Å². The van der Waals surface area contributed by atoms with Crippen molar-refractivity contribution in [2.45, 2.75) is 19.5 Å². The molecule has 0 aliphatic carbocycles. The molecule has 4 aromatic carbocycles. The highest BCUT2D eigenvalue weighted by Gasteiger charge is 2.35. The molecule has 7 rings (SSSR count). The summed E-state index contributed by atoms with van der Waals surface area (Å²) in [5.74, 6) is -0.484. The molecule has 0 saturated heterocycles. The molecular weight excluding hydrogens is 566 g/mol. The highest BCUT2D eigenvalue weighted by atomic mass is 32.1. The van der Waals surface area contributed by atoms with Gasteiger partial charge in [0, 0.05) is 34.8 Å². The molecule has 0 N–H and O–H groups in total. The van der Waals surface area contributed by atoms with Crippen molar-refractivity contribution in [2.24, 2.45) is 4.99 Å². The number of para-hydroxylation sites is 1. The number of nitrogens with zero attached hydrogens (tertiary/aromatic N) is 3. The average Bonchev–Trinajstić information content (AvgIpc) is 3.57. The quantitative estimate of drug-likeness (QED) is 0.215. The zero-order chi connectivity index (χ0) is 30.0. The van der Waals surface area contributed by atoms with Crippen LogP contribution in [0.1, 0.15) is 35.2 Å². The monoisotopic (exact) mass is 595 g/mol. The average molecular weight is 596 g/mol. The van der Waals surface area contributed by atoms with Gasteiger partial charge in [-0.15, -0.1) is 0 Å². The molecule has 0 bridgehead atoms. The van der Waals surface area contributed by atoms with Gasteiger partial charge in [0.15, 0.2) is 4.80 Å². The summed E-state index contributed by atoms with van der Waals surface area (Å²) in [6.07, 6.45) is 4.05. The van der Waals surface area contributed by atoms with E-state index in [1.54, 1.807) is 11.5 Å². The number of thiazole rings is 1. The molecule has 44 heavy (non-hydrogen) atoms. The van der Waals surface area contributed by atoms with Gasteiger partial charge in [-0.05, 0) is 30.2 Å². The van der Waals surface area contributed by atoms with Crippen LogP contribution in [0.5, 0.6) is 0 Å². The molecule has 0 amide bonds. The van der Waals surface area contributed by atoms with Gasteiger partial charge >= 0.3 is 5.97 Å². The van der Waals surface area contributed by atoms with Crippen molar-refractivity contribution in [3.05, 3.63) is 169 Å². The van der Waals surface area contributed by atoms with Gasteiger partial charge in [-0.3, -0.25) is 9.36 Å². The van der Waals surface area contributed by atoms with Crippen LogP contribution in [0.25, 0.3) is 22.7 Å². The Bertz CT molecular complexity index is 2190. The molecule has 6 aromatic rings. The molecule has 0 radical (unpaired) electrons. The summed E-state index contributed by atoms with van der Waals surface area (Å²) in [7, 11) is 0. The first-order chi connectivity index (χ1) is 21.6. The molecule has 2 aromatic heterocycles. The van der Waals surface area contributed by atoms with Gasteiger partial charge in [-0.2, -0.15) is 0 Å². The number of hydrogen-bond donors (Lipinski definition) is 0. The summed E-state index contributed by atoms with van der Waals surface area (Å²) in [6, 6.07) is 37.1. The lowest BCUT2D eigenvalue weighted by Crippen LogP contribution is -2.39. The molecule has 1 atom stereocenters. The van der Waals surface area contributed by atoms with E-state index in [-0.39, 0.29) is 12.2 Å². The highest BCUT2D eigenvalue weighted by molar-refractivity contribution is 7.07. The normalized spacial score (nSPS) is 14.8. The van der Waals surface area contributed by atoms with Crippen molar-refractivity contribution in [1.29, 1.82) is 0 Å². The number of carbonyl (C=O) groups is 1. The van der Waals surface area contributed by atoms with E-state index >= 15 is 0 Å². The van der Waals surface area contributed by atoms with Crippen molar-refractivity contribution < 1.29 is 9.53 Å². The second-order valence-electron chi connectivity index (χ2n) is 10.6. The third kappa shape index (κ3) is 5.01. The molecule has 1 aliphatic heterocycles. The largest absolute Gasteiger partial charge is 0.463 e. The van der Waals surface area contributed by atoms with Crippen molar-refractivity contribution in [1.82, 2.24) is 9.13 Å². The highest BCUT2D eigenvalue weighted by Crippen LogP contribution is 2.35. The van der Waals surface area contributed by atoms with E-state index < -0.39 is 12.0 Å². The Morgan fingerprint density at radius 3 is 2.27 bits per heavy atom. The maximum absolute atomic E-state index is 14.3. The standard InChI is InChI=1S/C37H29N3O3S/c1-2-43-36(42)32-33(26-16-8-4-9-17-26)38-37-40(34(32)27-18-10-5-11-19-27)35(41)31(44-37)22-28-24-39(23-25-14-6-3-7-15-25)30-21-13-12-20-29(28)30/h3-22,24,34H,2,23H2,1H3/b31-22-/t34-/m0/s1. The summed E-state index contributed by atoms with van der Waals surface area (Å²) < 4.78 is 9.97. The second-order valence-corrected chi connectivity index (χ2v) is 11.6. The zero-order valence-electron chi connectivity index (χ0n) is 24.1. The van der Waals surface area contributed by atoms with Gasteiger partial charge < -0.3 is 9.30 Å². The zero-order valence-corrected chi connectivity index (χ0v) is 24.9. The predicted molar refractivity (Wildman–Crippen MR) is 175 cm³/mol. The fourth-order valence-corrected chi connectivity index (χ4v) is 6.83. The smallest absolute Gasteiger partial charge is 0.338 e. The second kappa shape index (κ2) is 11.8. The van der Waals surface area contributed by atoms with Crippen LogP contribution in [0.3, 0.4) is 0 Å². The van der Waals surface area contributed by atoms with Crippen LogP contribution in [-0.2, 0) is 16.1 Å². The molecule has 0 saturated carbocycles. The van der Waals surface area contributed by atoms with Crippen LogP contribution in [0.15, 0.2) is 137 Å². The van der Waals surface area contributed by atoms with Gasteiger partial charge in [-0.1, -0.05) is 121 Å². The molecular formula is C37H29N3O3S. The summed E-state index contributed by atoms with van der Waals surface area (Å²) in [4.78, 5) is 33.4. The van der Waals surface area contributed by atoms with Gasteiger partial charge in [0.05, 0.1) is 28.5 Å². The lowest BCUT2D eigenvalue weighted by Gasteiger charge is -2.25. The first-order valence-corrected chi connectivity index (χ1v) is 15.4. The first-order valence-electron chi connectivity index (χ1n) is 14.6. The Balaban J connectivity index is 1.45. The van der Waals surface area contributed by atoms with Crippen LogP contribution in [-0.4, -0.2) is 21.7 Å². The molecule has 0 unspecified atom stereocenters. The lowest BCUT2D eigenvalue weighted by atomic mass is 9.93. The maximum atomic E-state index is 14.3. The first kappa shape index (κ1) is 27.6. The molecule has 0 fully saturated rings. The number of hydrogen-bond acceptors (Lipinski definition) is 5. The fourth-order valence-electron chi connectivity index (χ4n) is 5.83. The van der Waals surface area contributed by atoms with Gasteiger partial charge in [-0.25, -0.2) is 9.79 Å². The third-order valence-corrected chi connectivity index (χ3v) is 8.77. The summed E-state index contributed by atoms with van der Waals surface area (Å²) in [5, 5.41) is 1.06. The molecule has 6 nitrogen and oxygen atoms in total. The number of ether oxygens (including phenoxy) is 1. The third-order valence-electron chi connectivity index (χ3n) is 7.79. The Labute approximate surface area is 258 Å². The van der Waals surface area contributed by atoms with E-state index in [1.165, 1.54) is 16.9 Å². The number of aromatic nitrogens is 2. The van der Waals surface area contributed by atoms with E-state index in [4.69, 9.17) is 9.73 Å². The predicted octanol–water partition coefficient (Wildman–Crippen LogP) is 5.94. The van der Waals surface area contributed by atoms with Gasteiger partial charge in [0.2, 0.25) is 0 Å². The minimum absolute atomic E-state index is 0.198. The summed E-state index contributed by atoms with van der Waals surface area (Å²) in [6.45, 7) is 2.71. The van der Waals surface area contributed by atoms with Crippen molar-refractivity contribution in [3.8, 4) is 0 Å². The Hall–Kier alpha value is -5.27. The lowest BCUT2D eigenvalue weighted by molar-refractivity contribution is -0.138. The van der Waals surface area contributed by atoms with E-state index in [2.05, 4.69) is 35.0 Å². The van der Waals surface area contributed by atoms with E-state index in [9.17, 15) is 9.59 Å². The van der Waals surface area contributed by atoms with Crippen LogP contribution < -0.4 is 14.9 Å². The van der Waals surface area contributed by atoms with Crippen LogP contribution in [0.4, 0.5) is 0 Å².